The molecule has 1 amide bonds. The van der Waals surface area contributed by atoms with Crippen molar-refractivity contribution in [3.63, 3.8) is 0 Å². The Morgan fingerprint density at radius 2 is 2.15 bits per heavy atom. The van der Waals surface area contributed by atoms with Crippen LogP contribution in [-0.4, -0.2) is 19.6 Å². The zero-order valence-corrected chi connectivity index (χ0v) is 16.8. The molecule has 0 aliphatic rings. The van der Waals surface area contributed by atoms with Gasteiger partial charge in [-0.2, -0.15) is 5.26 Å². The van der Waals surface area contributed by atoms with Crippen molar-refractivity contribution in [1.29, 1.82) is 5.26 Å². The topological polar surface area (TPSA) is 71.3 Å². The first-order valence-corrected chi connectivity index (χ1v) is 8.95. The maximum Gasteiger partial charge on any atom is 0.266 e. The molecule has 7 heteroatoms. The molecular weight excluding hydrogens is 432 g/mol. The van der Waals surface area contributed by atoms with Gasteiger partial charge in [0.05, 0.1) is 7.11 Å². The molecule has 2 aromatic carbocycles. The summed E-state index contributed by atoms with van der Waals surface area (Å²) in [6.07, 6.45) is 3.08. The van der Waals surface area contributed by atoms with Crippen LogP contribution in [0, 0.1) is 11.3 Å². The van der Waals surface area contributed by atoms with E-state index in [0.29, 0.717) is 38.9 Å². The molecule has 2 rings (SSSR count). The number of benzene rings is 2. The number of methoxy groups -OCH3 is 1. The van der Waals surface area contributed by atoms with Crippen LogP contribution in [-0.2, 0) is 4.79 Å². The van der Waals surface area contributed by atoms with E-state index in [-0.39, 0.29) is 5.57 Å². The zero-order chi connectivity index (χ0) is 19.8. The summed E-state index contributed by atoms with van der Waals surface area (Å²) >= 11 is 9.33. The van der Waals surface area contributed by atoms with E-state index in [1.165, 1.54) is 13.2 Å². The molecule has 2 aromatic rings. The van der Waals surface area contributed by atoms with Gasteiger partial charge in [0.25, 0.3) is 5.91 Å². The van der Waals surface area contributed by atoms with E-state index < -0.39 is 5.91 Å². The molecule has 0 heterocycles. The van der Waals surface area contributed by atoms with Crippen LogP contribution in [0.15, 0.2) is 59.1 Å². The van der Waals surface area contributed by atoms with Gasteiger partial charge in [-0.15, -0.1) is 0 Å². The Balaban J connectivity index is 2.32. The minimum atomic E-state index is -0.544. The number of carbonyl (C=O) groups is 1. The molecule has 0 unspecified atom stereocenters. The summed E-state index contributed by atoms with van der Waals surface area (Å²) in [7, 11) is 1.51. The fraction of sp³-hybridized carbons (Fsp3) is 0.100. The van der Waals surface area contributed by atoms with Gasteiger partial charge in [0.15, 0.2) is 11.5 Å². The van der Waals surface area contributed by atoms with Crippen LogP contribution < -0.4 is 14.8 Å². The molecule has 0 spiro atoms. The fourth-order valence-corrected chi connectivity index (χ4v) is 2.78. The highest BCUT2D eigenvalue weighted by Gasteiger charge is 2.14. The third kappa shape index (κ3) is 5.61. The Morgan fingerprint density at radius 1 is 1.37 bits per heavy atom. The number of anilines is 1. The van der Waals surface area contributed by atoms with Crippen LogP contribution in [0.25, 0.3) is 6.08 Å². The van der Waals surface area contributed by atoms with Gasteiger partial charge in [-0.1, -0.05) is 46.3 Å². The Bertz CT molecular complexity index is 935. The fourth-order valence-electron chi connectivity index (χ4n) is 2.15. The van der Waals surface area contributed by atoms with Gasteiger partial charge in [0.1, 0.15) is 18.2 Å². The van der Waals surface area contributed by atoms with Crippen LogP contribution in [0.2, 0.25) is 5.02 Å². The average Bonchev–Trinajstić information content (AvgIpc) is 2.65. The Morgan fingerprint density at radius 3 is 2.78 bits per heavy atom. The number of carbonyl (C=O) groups excluding carboxylic acids is 1. The second kappa shape index (κ2) is 9.81. The lowest BCUT2D eigenvalue weighted by Gasteiger charge is -2.12. The Kier molecular flexibility index (Phi) is 7.47. The van der Waals surface area contributed by atoms with Crippen LogP contribution in [0.3, 0.4) is 0 Å². The smallest absolute Gasteiger partial charge is 0.266 e. The van der Waals surface area contributed by atoms with Crippen molar-refractivity contribution in [3.05, 3.63) is 69.7 Å². The van der Waals surface area contributed by atoms with Crippen molar-refractivity contribution < 1.29 is 14.3 Å². The highest BCUT2D eigenvalue weighted by molar-refractivity contribution is 9.10. The van der Waals surface area contributed by atoms with Crippen molar-refractivity contribution in [1.82, 2.24) is 0 Å². The number of nitrogens with zero attached hydrogens (tertiary/aromatic N) is 1. The van der Waals surface area contributed by atoms with Gasteiger partial charge < -0.3 is 14.8 Å². The zero-order valence-electron chi connectivity index (χ0n) is 14.5. The molecule has 27 heavy (non-hydrogen) atoms. The summed E-state index contributed by atoms with van der Waals surface area (Å²) < 4.78 is 11.5. The lowest BCUT2D eigenvalue weighted by molar-refractivity contribution is -0.112. The average molecular weight is 448 g/mol. The third-order valence-electron chi connectivity index (χ3n) is 3.39. The van der Waals surface area contributed by atoms with E-state index in [1.54, 1.807) is 42.5 Å². The first-order chi connectivity index (χ1) is 13.0. The van der Waals surface area contributed by atoms with Gasteiger partial charge >= 0.3 is 0 Å². The lowest BCUT2D eigenvalue weighted by atomic mass is 10.1. The normalized spacial score (nSPS) is 10.7. The molecular formula is C20H16BrClN2O3. The summed E-state index contributed by atoms with van der Waals surface area (Å²) in [4.78, 5) is 12.4. The number of nitriles is 1. The third-order valence-corrected chi connectivity index (χ3v) is 4.31. The molecule has 0 fully saturated rings. The van der Waals surface area contributed by atoms with Crippen molar-refractivity contribution >= 4 is 45.2 Å². The van der Waals surface area contributed by atoms with Gasteiger partial charge in [0, 0.05) is 15.2 Å². The van der Waals surface area contributed by atoms with E-state index in [2.05, 4.69) is 27.8 Å². The molecule has 0 aromatic heterocycles. The maximum absolute atomic E-state index is 12.4. The standard InChI is InChI=1S/C20H16BrClN2O3/c1-3-7-27-19-11-17(21)13(9-18(19)26-2)8-14(12-23)20(25)24-16-6-4-5-15(22)10-16/h3-6,8-11H,1,7H2,2H3,(H,24,25)/b14-8-. The van der Waals surface area contributed by atoms with E-state index >= 15 is 0 Å². The van der Waals surface area contributed by atoms with Crippen molar-refractivity contribution in [3.8, 4) is 17.6 Å². The van der Waals surface area contributed by atoms with E-state index in [0.717, 1.165) is 0 Å². The van der Waals surface area contributed by atoms with Crippen LogP contribution in [0.1, 0.15) is 5.56 Å². The maximum atomic E-state index is 12.4. The van der Waals surface area contributed by atoms with Gasteiger partial charge in [0.2, 0.25) is 0 Å². The molecule has 0 atom stereocenters. The van der Waals surface area contributed by atoms with Crippen molar-refractivity contribution in [2.75, 3.05) is 19.0 Å². The van der Waals surface area contributed by atoms with Crippen molar-refractivity contribution in [2.24, 2.45) is 0 Å². The highest BCUT2D eigenvalue weighted by atomic mass is 79.9. The van der Waals surface area contributed by atoms with Crippen molar-refractivity contribution in [2.45, 2.75) is 0 Å². The molecule has 0 aliphatic carbocycles. The Labute approximate surface area is 171 Å². The summed E-state index contributed by atoms with van der Waals surface area (Å²) in [5.41, 5.74) is 1.02. The first-order valence-electron chi connectivity index (χ1n) is 7.78. The number of ether oxygens (including phenoxy) is 2. The first kappa shape index (κ1) is 20.6. The number of nitrogens with one attached hydrogen (secondary N) is 1. The molecule has 5 nitrogen and oxygen atoms in total. The van der Waals surface area contributed by atoms with Crippen LogP contribution in [0.5, 0.6) is 11.5 Å². The lowest BCUT2D eigenvalue weighted by Crippen LogP contribution is -2.13. The largest absolute Gasteiger partial charge is 0.493 e. The van der Waals surface area contributed by atoms with E-state index in [9.17, 15) is 10.1 Å². The quantitative estimate of drug-likeness (QED) is 0.359. The minimum absolute atomic E-state index is 0.0718. The number of amides is 1. The molecule has 0 aliphatic heterocycles. The molecule has 0 radical (unpaired) electrons. The molecule has 0 bridgehead atoms. The van der Waals surface area contributed by atoms with Gasteiger partial charge in [-0.05, 0) is 42.0 Å². The van der Waals surface area contributed by atoms with E-state index in [1.807, 2.05) is 6.07 Å². The second-order valence-corrected chi connectivity index (χ2v) is 6.55. The SMILES string of the molecule is C=CCOc1cc(Br)c(/C=C(/C#N)C(=O)Nc2cccc(Cl)c2)cc1OC. The summed E-state index contributed by atoms with van der Waals surface area (Å²) in [5.74, 6) is 0.444. The Hall–Kier alpha value is -2.75. The summed E-state index contributed by atoms with van der Waals surface area (Å²) in [6.45, 7) is 3.93. The predicted molar refractivity (Wildman–Crippen MR) is 110 cm³/mol. The summed E-state index contributed by atoms with van der Waals surface area (Å²) in [6, 6.07) is 12.0. The summed E-state index contributed by atoms with van der Waals surface area (Å²) in [5, 5.41) is 12.5. The number of hydrogen-bond donors (Lipinski definition) is 1. The molecule has 0 saturated carbocycles. The monoisotopic (exact) mass is 446 g/mol. The van der Waals surface area contributed by atoms with Gasteiger partial charge in [-0.3, -0.25) is 4.79 Å². The van der Waals surface area contributed by atoms with E-state index in [4.69, 9.17) is 21.1 Å². The minimum Gasteiger partial charge on any atom is -0.493 e. The predicted octanol–water partition coefficient (Wildman–Crippen LogP) is 5.22. The highest BCUT2D eigenvalue weighted by Crippen LogP contribution is 2.34. The molecule has 138 valence electrons. The molecule has 0 saturated heterocycles. The number of halogens is 2. The van der Waals surface area contributed by atoms with Gasteiger partial charge in [-0.25, -0.2) is 0 Å². The van der Waals surface area contributed by atoms with Crippen LogP contribution in [0.4, 0.5) is 5.69 Å². The second-order valence-electron chi connectivity index (χ2n) is 5.26. The number of hydrogen-bond acceptors (Lipinski definition) is 4. The molecule has 1 N–H and O–H groups in total. The van der Waals surface area contributed by atoms with Crippen LogP contribution >= 0.6 is 27.5 Å². The number of rotatable bonds is 7.